The summed E-state index contributed by atoms with van der Waals surface area (Å²) in [6, 6.07) is 12.9. The fraction of sp³-hybridized carbons (Fsp3) is 0.250. The zero-order chi connectivity index (χ0) is 13.7. The van der Waals surface area contributed by atoms with E-state index in [4.69, 9.17) is 0 Å². The summed E-state index contributed by atoms with van der Waals surface area (Å²) in [5, 5.41) is 18.4. The van der Waals surface area contributed by atoms with Crippen LogP contribution in [-0.2, 0) is 32.7 Å². The molecule has 0 fully saturated rings. The van der Waals surface area contributed by atoms with Crippen molar-refractivity contribution in [1.82, 2.24) is 0 Å². The molecule has 0 atom stereocenters. The molecule has 0 aromatic heterocycles. The van der Waals surface area contributed by atoms with E-state index in [0.717, 1.165) is 22.3 Å². The van der Waals surface area contributed by atoms with E-state index in [2.05, 4.69) is 12.1 Å². The molecule has 0 aliphatic rings. The van der Waals surface area contributed by atoms with Crippen LogP contribution in [0.4, 0.5) is 0 Å². The van der Waals surface area contributed by atoms with Crippen molar-refractivity contribution in [3.63, 3.8) is 0 Å². The Morgan fingerprint density at radius 3 is 1.00 bits per heavy atom. The first kappa shape index (κ1) is 18.1. The zero-order valence-corrected chi connectivity index (χ0v) is 14.6. The van der Waals surface area contributed by atoms with Crippen molar-refractivity contribution in [1.29, 1.82) is 0 Å². The molecular formula is C16H18O2Y-2. The number of hydrogen-bond donors (Lipinski definition) is 2. The summed E-state index contributed by atoms with van der Waals surface area (Å²) in [7, 11) is 0. The van der Waals surface area contributed by atoms with Gasteiger partial charge in [-0.15, -0.1) is 22.3 Å². The number of aromatic hydroxyl groups is 2. The van der Waals surface area contributed by atoms with Gasteiger partial charge in [0.25, 0.3) is 0 Å². The molecule has 2 aromatic rings. The van der Waals surface area contributed by atoms with Gasteiger partial charge in [0.2, 0.25) is 0 Å². The van der Waals surface area contributed by atoms with E-state index in [1.165, 1.54) is 0 Å². The number of benzene rings is 2. The van der Waals surface area contributed by atoms with Gasteiger partial charge in [-0.3, -0.25) is 0 Å². The summed E-state index contributed by atoms with van der Waals surface area (Å²) >= 11 is 0. The molecule has 0 aliphatic carbocycles. The first-order chi connectivity index (χ1) is 8.43. The second-order valence-electron chi connectivity index (χ2n) is 4.34. The van der Waals surface area contributed by atoms with Gasteiger partial charge in [0.15, 0.2) is 0 Å². The van der Waals surface area contributed by atoms with Crippen LogP contribution in [0.15, 0.2) is 24.3 Å². The molecule has 3 heteroatoms. The Hall–Kier alpha value is -0.856. The number of aryl methyl sites for hydroxylation is 4. The van der Waals surface area contributed by atoms with E-state index >= 15 is 0 Å². The Morgan fingerprint density at radius 2 is 0.842 bits per heavy atom. The molecular weight excluding hydrogens is 313 g/mol. The molecule has 1 radical (unpaired) electrons. The summed E-state index contributed by atoms with van der Waals surface area (Å²) < 4.78 is 0. The fourth-order valence-electron chi connectivity index (χ4n) is 1.48. The molecule has 0 saturated carbocycles. The minimum absolute atomic E-state index is 0. The molecule has 2 N–H and O–H groups in total. The summed E-state index contributed by atoms with van der Waals surface area (Å²) in [5.41, 5.74) is 3.54. The van der Waals surface area contributed by atoms with Crippen LogP contribution in [-0.4, -0.2) is 10.2 Å². The van der Waals surface area contributed by atoms with Crippen molar-refractivity contribution in [2.24, 2.45) is 0 Å². The average molecular weight is 331 g/mol. The third-order valence-electron chi connectivity index (χ3n) is 2.69. The second kappa shape index (κ2) is 8.34. The normalized spacial score (nSPS) is 9.05. The van der Waals surface area contributed by atoms with Gasteiger partial charge in [-0.05, 0) is 0 Å². The monoisotopic (exact) mass is 331 g/mol. The summed E-state index contributed by atoms with van der Waals surface area (Å²) in [6.07, 6.45) is 0. The van der Waals surface area contributed by atoms with Crippen molar-refractivity contribution in [3.05, 3.63) is 58.7 Å². The van der Waals surface area contributed by atoms with E-state index in [1.807, 2.05) is 27.7 Å². The molecule has 0 bridgehead atoms. The molecule has 0 spiro atoms. The topological polar surface area (TPSA) is 40.5 Å². The molecule has 2 nitrogen and oxygen atoms in total. The quantitative estimate of drug-likeness (QED) is 0.724. The molecule has 0 aliphatic heterocycles. The third kappa shape index (κ3) is 5.34. The van der Waals surface area contributed by atoms with E-state index in [9.17, 15) is 10.2 Å². The van der Waals surface area contributed by atoms with Crippen LogP contribution in [0.2, 0.25) is 0 Å². The maximum Gasteiger partial charge on any atom is 0.0139 e. The average Bonchev–Trinajstić information content (AvgIpc) is 2.34. The first-order valence-electron chi connectivity index (χ1n) is 5.76. The second-order valence-corrected chi connectivity index (χ2v) is 4.34. The predicted octanol–water partition coefficient (Wildman–Crippen LogP) is 3.62. The third-order valence-corrected chi connectivity index (χ3v) is 2.69. The predicted molar refractivity (Wildman–Crippen MR) is 72.8 cm³/mol. The van der Waals surface area contributed by atoms with Gasteiger partial charge >= 0.3 is 0 Å². The van der Waals surface area contributed by atoms with Gasteiger partial charge in [0, 0.05) is 44.2 Å². The van der Waals surface area contributed by atoms with E-state index in [1.54, 1.807) is 24.3 Å². The Morgan fingerprint density at radius 1 is 0.632 bits per heavy atom. The van der Waals surface area contributed by atoms with Crippen molar-refractivity contribution in [3.8, 4) is 11.5 Å². The Balaban J connectivity index is 0.000000324. The minimum atomic E-state index is 0. The van der Waals surface area contributed by atoms with Crippen LogP contribution in [0.1, 0.15) is 22.3 Å². The van der Waals surface area contributed by atoms with Crippen LogP contribution in [0, 0.1) is 39.8 Å². The van der Waals surface area contributed by atoms with E-state index in [-0.39, 0.29) is 32.7 Å². The van der Waals surface area contributed by atoms with Crippen LogP contribution in [0.3, 0.4) is 0 Å². The van der Waals surface area contributed by atoms with Crippen LogP contribution >= 0.6 is 0 Å². The number of phenolic OH excluding ortho intramolecular Hbond substituents is 2. The molecule has 0 amide bonds. The number of phenols is 2. The fourth-order valence-corrected chi connectivity index (χ4v) is 1.48. The molecule has 0 heterocycles. The van der Waals surface area contributed by atoms with Gasteiger partial charge in [0.1, 0.15) is 0 Å². The Kier molecular flexibility index (Phi) is 7.97. The van der Waals surface area contributed by atoms with Gasteiger partial charge < -0.3 is 10.2 Å². The van der Waals surface area contributed by atoms with Crippen molar-refractivity contribution in [2.75, 3.05) is 0 Å². The van der Waals surface area contributed by atoms with Crippen molar-refractivity contribution in [2.45, 2.75) is 27.7 Å². The Labute approximate surface area is 140 Å². The molecule has 2 aromatic carbocycles. The minimum Gasteiger partial charge on any atom is -0.533 e. The smallest absolute Gasteiger partial charge is 0.0139 e. The maximum absolute atomic E-state index is 9.19. The molecule has 2 rings (SSSR count). The van der Waals surface area contributed by atoms with Crippen LogP contribution < -0.4 is 0 Å². The summed E-state index contributed by atoms with van der Waals surface area (Å²) in [4.78, 5) is 0. The standard InChI is InChI=1S/2C8H9O.Y/c2*1-6-4-3-5-7(2)8(6)9;/h2*4-5,9H,1-2H3;/q2*-1;. The SMILES string of the molecule is Cc1c[c-]cc(C)c1O.Cc1c[c-]cc(C)c1O.[Y]. The largest absolute Gasteiger partial charge is 0.533 e. The Bertz CT molecular complexity index is 446. The van der Waals surface area contributed by atoms with Crippen molar-refractivity contribution >= 4 is 0 Å². The number of rotatable bonds is 0. The van der Waals surface area contributed by atoms with Gasteiger partial charge in [-0.2, -0.15) is 36.4 Å². The van der Waals surface area contributed by atoms with Crippen LogP contribution in [0.25, 0.3) is 0 Å². The van der Waals surface area contributed by atoms with Gasteiger partial charge in [-0.1, -0.05) is 27.7 Å². The maximum atomic E-state index is 9.19. The van der Waals surface area contributed by atoms with Crippen molar-refractivity contribution < 1.29 is 42.9 Å². The first-order valence-corrected chi connectivity index (χ1v) is 5.76. The van der Waals surface area contributed by atoms with Gasteiger partial charge in [-0.25, -0.2) is 0 Å². The molecule has 0 unspecified atom stereocenters. The zero-order valence-electron chi connectivity index (χ0n) is 11.8. The van der Waals surface area contributed by atoms with Gasteiger partial charge in [0.05, 0.1) is 0 Å². The summed E-state index contributed by atoms with van der Waals surface area (Å²) in [5.74, 6) is 0.766. The molecule has 0 saturated heterocycles. The van der Waals surface area contributed by atoms with E-state index in [0.29, 0.717) is 11.5 Å². The molecule has 19 heavy (non-hydrogen) atoms. The van der Waals surface area contributed by atoms with Crippen LogP contribution in [0.5, 0.6) is 11.5 Å². The molecule has 99 valence electrons. The summed E-state index contributed by atoms with van der Waals surface area (Å²) in [6.45, 7) is 7.44. The number of hydrogen-bond acceptors (Lipinski definition) is 2. The van der Waals surface area contributed by atoms with E-state index < -0.39 is 0 Å².